The monoisotopic (exact) mass is 326 g/mol. The summed E-state index contributed by atoms with van der Waals surface area (Å²) in [4.78, 5) is 12.2. The molecule has 3 rings (SSSR count). The molecule has 1 aromatic carbocycles. The van der Waals surface area contributed by atoms with E-state index in [1.165, 1.54) is 6.08 Å². The van der Waals surface area contributed by atoms with Gasteiger partial charge in [0.15, 0.2) is 0 Å². The third-order valence-electron chi connectivity index (χ3n) is 3.90. The Kier molecular flexibility index (Phi) is 4.22. The minimum absolute atomic E-state index is 0.0327. The lowest BCUT2D eigenvalue weighted by atomic mass is 10.2. The largest absolute Gasteiger partial charge is 0.461 e. The van der Waals surface area contributed by atoms with Crippen LogP contribution >= 0.6 is 11.6 Å². The van der Waals surface area contributed by atoms with Crippen molar-refractivity contribution in [2.24, 2.45) is 5.92 Å². The van der Waals surface area contributed by atoms with Gasteiger partial charge in [0, 0.05) is 12.0 Å². The molecule has 1 aliphatic carbocycles. The highest BCUT2D eigenvalue weighted by Crippen LogP contribution is 2.47. The number of furan rings is 1. The molecule has 0 bridgehead atoms. The van der Waals surface area contributed by atoms with Crippen molar-refractivity contribution in [3.8, 4) is 6.07 Å². The summed E-state index contributed by atoms with van der Waals surface area (Å²) in [6.45, 7) is 2.17. The first-order valence-electron chi connectivity index (χ1n) is 7.36. The van der Waals surface area contributed by atoms with Gasteiger partial charge in [-0.1, -0.05) is 30.7 Å². The molecule has 0 radical (unpaired) electrons. The van der Waals surface area contributed by atoms with E-state index in [0.717, 1.165) is 12.2 Å². The lowest BCUT2D eigenvalue weighted by Crippen LogP contribution is -2.13. The van der Waals surface area contributed by atoms with E-state index >= 15 is 0 Å². The zero-order valence-corrected chi connectivity index (χ0v) is 13.3. The summed E-state index contributed by atoms with van der Waals surface area (Å²) < 4.78 is 5.70. The maximum absolute atomic E-state index is 12.2. The molecule has 0 unspecified atom stereocenters. The van der Waals surface area contributed by atoms with Crippen molar-refractivity contribution in [1.82, 2.24) is 0 Å². The Balaban J connectivity index is 1.76. The molecule has 1 aromatic heterocycles. The van der Waals surface area contributed by atoms with E-state index in [-0.39, 0.29) is 5.57 Å². The number of benzene rings is 1. The Morgan fingerprint density at radius 1 is 1.39 bits per heavy atom. The molecule has 2 atom stereocenters. The van der Waals surface area contributed by atoms with E-state index in [1.54, 1.807) is 30.3 Å². The third-order valence-corrected chi connectivity index (χ3v) is 4.23. The van der Waals surface area contributed by atoms with Crippen molar-refractivity contribution in [3.05, 3.63) is 58.5 Å². The Labute approximate surface area is 139 Å². The summed E-state index contributed by atoms with van der Waals surface area (Å²) in [5.41, 5.74) is 0.432. The maximum Gasteiger partial charge on any atom is 0.266 e. The van der Waals surface area contributed by atoms with Crippen LogP contribution in [0.5, 0.6) is 0 Å². The number of hydrogen-bond donors (Lipinski definition) is 1. The predicted molar refractivity (Wildman–Crippen MR) is 88.9 cm³/mol. The molecule has 0 spiro atoms. The van der Waals surface area contributed by atoms with E-state index in [4.69, 9.17) is 16.0 Å². The third kappa shape index (κ3) is 3.46. The van der Waals surface area contributed by atoms with Crippen LogP contribution in [0.1, 0.15) is 30.8 Å². The Hall–Kier alpha value is -2.51. The van der Waals surface area contributed by atoms with Crippen LogP contribution in [0.25, 0.3) is 6.08 Å². The van der Waals surface area contributed by atoms with E-state index in [2.05, 4.69) is 12.2 Å². The molecule has 1 fully saturated rings. The number of carbonyl (C=O) groups is 1. The van der Waals surface area contributed by atoms with Gasteiger partial charge in [0.1, 0.15) is 23.2 Å². The van der Waals surface area contributed by atoms with Crippen LogP contribution in [-0.4, -0.2) is 5.91 Å². The second-order valence-electron chi connectivity index (χ2n) is 5.66. The van der Waals surface area contributed by atoms with Crippen molar-refractivity contribution in [3.63, 3.8) is 0 Å². The van der Waals surface area contributed by atoms with Crippen LogP contribution in [0.3, 0.4) is 0 Å². The zero-order chi connectivity index (χ0) is 16.4. The number of halogens is 1. The average molecular weight is 327 g/mol. The van der Waals surface area contributed by atoms with E-state index in [9.17, 15) is 10.1 Å². The van der Waals surface area contributed by atoms with Gasteiger partial charge in [-0.05, 0) is 36.6 Å². The standard InChI is InChI=1S/C18H15ClN2O2/c1-11-8-14(11)17-7-6-13(23-17)9-12(10-20)18(22)21-16-5-3-2-4-15(16)19/h2-7,9,11,14H,8H2,1H3,(H,21,22)/b12-9+/t11-,14+/m1/s1. The Morgan fingerprint density at radius 2 is 2.13 bits per heavy atom. The highest BCUT2D eigenvalue weighted by molar-refractivity contribution is 6.34. The molecule has 1 heterocycles. The Morgan fingerprint density at radius 3 is 2.78 bits per heavy atom. The summed E-state index contributed by atoms with van der Waals surface area (Å²) in [5.74, 6) is 1.99. The Bertz CT molecular complexity index is 816. The minimum atomic E-state index is -0.515. The lowest BCUT2D eigenvalue weighted by molar-refractivity contribution is -0.112. The molecule has 1 saturated carbocycles. The van der Waals surface area contributed by atoms with Crippen molar-refractivity contribution in [2.45, 2.75) is 19.3 Å². The summed E-state index contributed by atoms with van der Waals surface area (Å²) in [7, 11) is 0. The number of carbonyl (C=O) groups excluding carboxylic acids is 1. The second kappa shape index (κ2) is 6.31. The van der Waals surface area contributed by atoms with Crippen LogP contribution < -0.4 is 5.32 Å². The van der Waals surface area contributed by atoms with Crippen LogP contribution in [0.15, 0.2) is 46.4 Å². The van der Waals surface area contributed by atoms with Gasteiger partial charge in [0.25, 0.3) is 5.91 Å². The second-order valence-corrected chi connectivity index (χ2v) is 6.07. The van der Waals surface area contributed by atoms with Crippen molar-refractivity contribution >= 4 is 29.3 Å². The molecule has 23 heavy (non-hydrogen) atoms. The van der Waals surface area contributed by atoms with Crippen LogP contribution in [0.4, 0.5) is 5.69 Å². The molecule has 1 amide bonds. The van der Waals surface area contributed by atoms with E-state index < -0.39 is 5.91 Å². The number of anilines is 1. The topological polar surface area (TPSA) is 66.0 Å². The molecule has 1 N–H and O–H groups in total. The number of para-hydroxylation sites is 1. The highest BCUT2D eigenvalue weighted by Gasteiger charge is 2.36. The normalized spacial score (nSPS) is 20.0. The first-order chi connectivity index (χ1) is 11.1. The number of rotatable bonds is 4. The van der Waals surface area contributed by atoms with Gasteiger partial charge >= 0.3 is 0 Å². The molecule has 4 nitrogen and oxygen atoms in total. The first kappa shape index (κ1) is 15.4. The van der Waals surface area contributed by atoms with E-state index in [1.807, 2.05) is 12.1 Å². The van der Waals surface area contributed by atoms with Gasteiger partial charge in [0.2, 0.25) is 0 Å². The summed E-state index contributed by atoms with van der Waals surface area (Å²) in [6.07, 6.45) is 2.57. The summed E-state index contributed by atoms with van der Waals surface area (Å²) >= 11 is 6.00. The van der Waals surface area contributed by atoms with Gasteiger partial charge in [-0.25, -0.2) is 0 Å². The van der Waals surface area contributed by atoms with Gasteiger partial charge in [-0.2, -0.15) is 5.26 Å². The smallest absolute Gasteiger partial charge is 0.266 e. The fourth-order valence-electron chi connectivity index (χ4n) is 2.41. The highest BCUT2D eigenvalue weighted by atomic mass is 35.5. The summed E-state index contributed by atoms with van der Waals surface area (Å²) in [5, 5.41) is 12.3. The number of amides is 1. The van der Waals surface area contributed by atoms with Crippen molar-refractivity contribution in [1.29, 1.82) is 5.26 Å². The minimum Gasteiger partial charge on any atom is -0.461 e. The number of nitrogens with one attached hydrogen (secondary N) is 1. The van der Waals surface area contributed by atoms with Crippen LogP contribution in [0.2, 0.25) is 5.02 Å². The predicted octanol–water partition coefficient (Wildman–Crippen LogP) is 4.60. The molecule has 0 aliphatic heterocycles. The van der Waals surface area contributed by atoms with Gasteiger partial charge in [-0.15, -0.1) is 0 Å². The molecule has 116 valence electrons. The number of nitrogens with zero attached hydrogens (tertiary/aromatic N) is 1. The van der Waals surface area contributed by atoms with Crippen LogP contribution in [0, 0.1) is 17.2 Å². The van der Waals surface area contributed by atoms with Crippen molar-refractivity contribution in [2.75, 3.05) is 5.32 Å². The lowest BCUT2D eigenvalue weighted by Gasteiger charge is -2.05. The molecular weight excluding hydrogens is 312 g/mol. The van der Waals surface area contributed by atoms with E-state index in [0.29, 0.717) is 28.3 Å². The molecule has 0 saturated heterocycles. The molecule has 5 heteroatoms. The quantitative estimate of drug-likeness (QED) is 0.659. The SMILES string of the molecule is C[C@@H]1C[C@@H]1c1ccc(/C=C(\C#N)C(=O)Nc2ccccc2Cl)o1. The van der Waals surface area contributed by atoms with Crippen LogP contribution in [-0.2, 0) is 4.79 Å². The fourth-order valence-corrected chi connectivity index (χ4v) is 2.59. The number of hydrogen-bond acceptors (Lipinski definition) is 3. The first-order valence-corrected chi connectivity index (χ1v) is 7.73. The van der Waals surface area contributed by atoms with Gasteiger partial charge < -0.3 is 9.73 Å². The molecule has 2 aromatic rings. The maximum atomic E-state index is 12.2. The molecule has 1 aliphatic rings. The van der Waals surface area contributed by atoms with Gasteiger partial charge in [0.05, 0.1) is 10.7 Å². The van der Waals surface area contributed by atoms with Gasteiger partial charge in [-0.3, -0.25) is 4.79 Å². The fraction of sp³-hybridized carbons (Fsp3) is 0.222. The average Bonchev–Trinajstić information content (AvgIpc) is 3.09. The zero-order valence-electron chi connectivity index (χ0n) is 12.5. The van der Waals surface area contributed by atoms with Crippen molar-refractivity contribution < 1.29 is 9.21 Å². The number of nitriles is 1. The summed E-state index contributed by atoms with van der Waals surface area (Å²) in [6, 6.07) is 12.4. The molecular formula is C18H15ClN2O2.